The molecule has 0 aliphatic heterocycles. The van der Waals surface area contributed by atoms with Gasteiger partial charge in [0.1, 0.15) is 11.6 Å². The summed E-state index contributed by atoms with van der Waals surface area (Å²) in [5.74, 6) is -1.09. The fourth-order valence-corrected chi connectivity index (χ4v) is 1.89. The van der Waals surface area contributed by atoms with Crippen LogP contribution >= 0.6 is 0 Å². The van der Waals surface area contributed by atoms with Gasteiger partial charge in [-0.25, -0.2) is 4.79 Å². The van der Waals surface area contributed by atoms with Gasteiger partial charge in [-0.1, -0.05) is 26.0 Å². The molecule has 0 aliphatic rings. The highest BCUT2D eigenvalue weighted by atomic mass is 16.6. The van der Waals surface area contributed by atoms with Crippen molar-refractivity contribution >= 4 is 17.6 Å². The average molecular weight is 294 g/mol. The van der Waals surface area contributed by atoms with E-state index in [0.29, 0.717) is 6.42 Å². The van der Waals surface area contributed by atoms with Gasteiger partial charge in [0.05, 0.1) is 12.0 Å². The van der Waals surface area contributed by atoms with Gasteiger partial charge < -0.3 is 10.1 Å². The van der Waals surface area contributed by atoms with Crippen molar-refractivity contribution in [1.82, 2.24) is 5.32 Å². The summed E-state index contributed by atoms with van der Waals surface area (Å²) in [6.45, 7) is 3.79. The number of para-hydroxylation sites is 1. The van der Waals surface area contributed by atoms with Crippen LogP contribution in [0.2, 0.25) is 0 Å². The Kier molecular flexibility index (Phi) is 5.83. The lowest BCUT2D eigenvalue weighted by molar-refractivity contribution is -0.385. The summed E-state index contributed by atoms with van der Waals surface area (Å²) in [4.78, 5) is 34.1. The zero-order valence-corrected chi connectivity index (χ0v) is 12.2. The van der Waals surface area contributed by atoms with Crippen molar-refractivity contribution in [3.8, 4) is 0 Å². The molecule has 1 amide bonds. The van der Waals surface area contributed by atoms with Gasteiger partial charge in [-0.05, 0) is 18.4 Å². The van der Waals surface area contributed by atoms with Crippen LogP contribution in [0.1, 0.15) is 30.6 Å². The predicted molar refractivity (Wildman–Crippen MR) is 75.8 cm³/mol. The lowest BCUT2D eigenvalue weighted by atomic mass is 10.0. The molecule has 1 atom stereocenters. The van der Waals surface area contributed by atoms with Crippen LogP contribution in [0.3, 0.4) is 0 Å². The van der Waals surface area contributed by atoms with Crippen LogP contribution < -0.4 is 5.32 Å². The maximum absolute atomic E-state index is 12.2. The van der Waals surface area contributed by atoms with Gasteiger partial charge in [-0.15, -0.1) is 0 Å². The van der Waals surface area contributed by atoms with E-state index < -0.39 is 22.8 Å². The van der Waals surface area contributed by atoms with Crippen LogP contribution in [0, 0.1) is 16.0 Å². The Labute approximate surface area is 122 Å². The number of nitrogens with one attached hydrogen (secondary N) is 1. The van der Waals surface area contributed by atoms with Gasteiger partial charge in [0.15, 0.2) is 0 Å². The Morgan fingerprint density at radius 1 is 1.33 bits per heavy atom. The second kappa shape index (κ2) is 7.37. The molecule has 21 heavy (non-hydrogen) atoms. The number of benzene rings is 1. The van der Waals surface area contributed by atoms with Crippen LogP contribution in [0.4, 0.5) is 5.69 Å². The van der Waals surface area contributed by atoms with Crippen LogP contribution in [0.5, 0.6) is 0 Å². The van der Waals surface area contributed by atoms with Crippen molar-refractivity contribution in [2.45, 2.75) is 26.3 Å². The van der Waals surface area contributed by atoms with E-state index in [0.717, 1.165) is 0 Å². The minimum atomic E-state index is -0.831. The molecule has 0 unspecified atom stereocenters. The third-order valence-corrected chi connectivity index (χ3v) is 2.84. The molecule has 0 radical (unpaired) electrons. The number of amides is 1. The highest BCUT2D eigenvalue weighted by Crippen LogP contribution is 2.18. The minimum absolute atomic E-state index is 0.0832. The van der Waals surface area contributed by atoms with E-state index in [9.17, 15) is 19.7 Å². The third kappa shape index (κ3) is 4.55. The van der Waals surface area contributed by atoms with Crippen molar-refractivity contribution in [2.24, 2.45) is 5.92 Å². The maximum atomic E-state index is 12.2. The molecular weight excluding hydrogens is 276 g/mol. The summed E-state index contributed by atoms with van der Waals surface area (Å²) in [6, 6.07) is 4.75. The molecule has 0 aliphatic carbocycles. The van der Waals surface area contributed by atoms with Crippen LogP contribution in [-0.2, 0) is 9.53 Å². The molecule has 1 rings (SSSR count). The number of nitro groups is 1. The molecule has 7 nitrogen and oxygen atoms in total. The van der Waals surface area contributed by atoms with Gasteiger partial charge in [-0.2, -0.15) is 0 Å². The number of carbonyl (C=O) groups excluding carboxylic acids is 2. The number of carbonyl (C=O) groups is 2. The Morgan fingerprint density at radius 2 is 1.95 bits per heavy atom. The van der Waals surface area contributed by atoms with Gasteiger partial charge >= 0.3 is 5.97 Å². The number of rotatable bonds is 6. The van der Waals surface area contributed by atoms with E-state index in [1.54, 1.807) is 0 Å². The van der Waals surface area contributed by atoms with E-state index in [1.165, 1.54) is 31.4 Å². The van der Waals surface area contributed by atoms with E-state index in [1.807, 2.05) is 13.8 Å². The minimum Gasteiger partial charge on any atom is -0.467 e. The standard InChI is InChI=1S/C14H18N2O5/c1-9(2)8-11(14(18)21-3)15-13(17)10-6-4-5-7-12(10)16(19)20/h4-7,9,11H,8H2,1-3H3,(H,15,17)/t11-/m0/s1. The Morgan fingerprint density at radius 3 is 2.48 bits per heavy atom. The number of hydrogen-bond donors (Lipinski definition) is 1. The number of nitrogens with zero attached hydrogens (tertiary/aromatic N) is 1. The molecule has 0 spiro atoms. The lowest BCUT2D eigenvalue weighted by Gasteiger charge is -2.18. The first-order chi connectivity index (χ1) is 9.86. The molecule has 0 heterocycles. The normalized spacial score (nSPS) is 11.8. The van der Waals surface area contributed by atoms with Gasteiger partial charge in [0.25, 0.3) is 11.6 Å². The van der Waals surface area contributed by atoms with E-state index >= 15 is 0 Å². The highest BCUT2D eigenvalue weighted by Gasteiger charge is 2.26. The van der Waals surface area contributed by atoms with Crippen molar-refractivity contribution < 1.29 is 19.2 Å². The highest BCUT2D eigenvalue weighted by molar-refractivity contribution is 6.00. The molecule has 0 saturated carbocycles. The van der Waals surface area contributed by atoms with Gasteiger partial charge in [0, 0.05) is 6.07 Å². The van der Waals surface area contributed by atoms with Crippen LogP contribution in [-0.4, -0.2) is 30.0 Å². The number of methoxy groups -OCH3 is 1. The van der Waals surface area contributed by atoms with Crippen molar-refractivity contribution in [3.63, 3.8) is 0 Å². The lowest BCUT2D eigenvalue weighted by Crippen LogP contribution is -2.42. The fourth-order valence-electron chi connectivity index (χ4n) is 1.89. The Bertz CT molecular complexity index is 542. The smallest absolute Gasteiger partial charge is 0.328 e. The number of esters is 1. The maximum Gasteiger partial charge on any atom is 0.328 e. The molecule has 7 heteroatoms. The van der Waals surface area contributed by atoms with E-state index in [-0.39, 0.29) is 17.2 Å². The van der Waals surface area contributed by atoms with E-state index in [2.05, 4.69) is 10.1 Å². The molecule has 0 bridgehead atoms. The second-order valence-corrected chi connectivity index (χ2v) is 4.95. The first-order valence-electron chi connectivity index (χ1n) is 6.49. The largest absolute Gasteiger partial charge is 0.467 e. The average Bonchev–Trinajstić information content (AvgIpc) is 2.45. The summed E-state index contributed by atoms with van der Waals surface area (Å²) in [7, 11) is 1.23. The molecule has 1 aromatic rings. The molecule has 0 aromatic heterocycles. The summed E-state index contributed by atoms with van der Waals surface area (Å²) < 4.78 is 4.64. The fraction of sp³-hybridized carbons (Fsp3) is 0.429. The molecular formula is C14H18N2O5. The summed E-state index contributed by atoms with van der Waals surface area (Å²) in [5, 5.41) is 13.4. The van der Waals surface area contributed by atoms with Gasteiger partial charge in [0.2, 0.25) is 0 Å². The Hall–Kier alpha value is -2.44. The second-order valence-electron chi connectivity index (χ2n) is 4.95. The number of ether oxygens (including phenoxy) is 1. The summed E-state index contributed by atoms with van der Waals surface area (Å²) in [5.41, 5.74) is -0.386. The molecule has 1 aromatic carbocycles. The monoisotopic (exact) mass is 294 g/mol. The quantitative estimate of drug-likeness (QED) is 0.491. The topological polar surface area (TPSA) is 98.5 Å². The zero-order chi connectivity index (χ0) is 16.0. The number of hydrogen-bond acceptors (Lipinski definition) is 5. The first-order valence-corrected chi connectivity index (χ1v) is 6.49. The molecule has 114 valence electrons. The molecule has 1 N–H and O–H groups in total. The third-order valence-electron chi connectivity index (χ3n) is 2.84. The van der Waals surface area contributed by atoms with Crippen LogP contribution in [0.25, 0.3) is 0 Å². The summed E-state index contributed by atoms with van der Waals surface area (Å²) >= 11 is 0. The predicted octanol–water partition coefficient (Wildman–Crippen LogP) is 1.91. The van der Waals surface area contributed by atoms with Crippen molar-refractivity contribution in [2.75, 3.05) is 7.11 Å². The first kappa shape index (κ1) is 16.6. The zero-order valence-electron chi connectivity index (χ0n) is 12.2. The van der Waals surface area contributed by atoms with E-state index in [4.69, 9.17) is 0 Å². The van der Waals surface area contributed by atoms with Crippen LogP contribution in [0.15, 0.2) is 24.3 Å². The Balaban J connectivity index is 2.97. The van der Waals surface area contributed by atoms with Gasteiger partial charge in [-0.3, -0.25) is 14.9 Å². The SMILES string of the molecule is COC(=O)[C@H](CC(C)C)NC(=O)c1ccccc1[N+](=O)[O-]. The van der Waals surface area contributed by atoms with Crippen molar-refractivity contribution in [1.29, 1.82) is 0 Å². The van der Waals surface area contributed by atoms with Crippen molar-refractivity contribution in [3.05, 3.63) is 39.9 Å². The summed E-state index contributed by atoms with van der Waals surface area (Å²) in [6.07, 6.45) is 0.388. The number of nitro benzene ring substituents is 1. The molecule has 0 saturated heterocycles. The molecule has 0 fully saturated rings.